The van der Waals surface area contributed by atoms with Crippen molar-refractivity contribution in [1.29, 1.82) is 0 Å². The highest BCUT2D eigenvalue weighted by atomic mass is 32.2. The maximum Gasteiger partial charge on any atom is 0.410 e. The topological polar surface area (TPSA) is 84.9 Å². The van der Waals surface area contributed by atoms with E-state index in [-0.39, 0.29) is 24.2 Å². The van der Waals surface area contributed by atoms with Crippen molar-refractivity contribution in [2.24, 2.45) is 5.92 Å². The molecule has 1 aliphatic heterocycles. The Hall–Kier alpha value is -1.64. The minimum atomic E-state index is -3.39. The Morgan fingerprint density at radius 2 is 1.77 bits per heavy atom. The highest BCUT2D eigenvalue weighted by molar-refractivity contribution is 7.88. The predicted molar refractivity (Wildman–Crippen MR) is 118 cm³/mol. The van der Waals surface area contributed by atoms with Crippen LogP contribution in [0.3, 0.4) is 0 Å². The van der Waals surface area contributed by atoms with Gasteiger partial charge in [0.25, 0.3) is 0 Å². The van der Waals surface area contributed by atoms with Gasteiger partial charge in [-0.25, -0.2) is 17.9 Å². The first-order chi connectivity index (χ1) is 14.9. The molecule has 0 aromatic heterocycles. The van der Waals surface area contributed by atoms with Crippen LogP contribution in [0.2, 0.25) is 0 Å². The Bertz CT molecular complexity index is 850. The molecule has 2 saturated carbocycles. The van der Waals surface area contributed by atoms with Crippen molar-refractivity contribution in [1.82, 2.24) is 9.62 Å². The minimum absolute atomic E-state index is 0.00844. The third-order valence-corrected chi connectivity index (χ3v) is 7.77. The number of hydrogen-bond acceptors (Lipinski definition) is 5. The first-order valence-corrected chi connectivity index (χ1v) is 13.2. The van der Waals surface area contributed by atoms with Gasteiger partial charge in [-0.05, 0) is 62.3 Å². The number of ether oxygens (including phenoxy) is 2. The van der Waals surface area contributed by atoms with Gasteiger partial charge >= 0.3 is 6.09 Å². The van der Waals surface area contributed by atoms with Crippen LogP contribution in [0.1, 0.15) is 56.4 Å². The molecule has 1 heterocycles. The van der Waals surface area contributed by atoms with E-state index in [4.69, 9.17) is 9.47 Å². The molecular weight excluding hydrogens is 416 g/mol. The van der Waals surface area contributed by atoms with Crippen molar-refractivity contribution in [3.05, 3.63) is 35.9 Å². The van der Waals surface area contributed by atoms with E-state index in [0.717, 1.165) is 38.5 Å². The van der Waals surface area contributed by atoms with Crippen LogP contribution in [0.4, 0.5) is 4.79 Å². The molecule has 0 radical (unpaired) electrons. The number of nitrogens with one attached hydrogen (secondary N) is 1. The molecule has 3 fully saturated rings. The van der Waals surface area contributed by atoms with E-state index in [0.29, 0.717) is 24.9 Å². The van der Waals surface area contributed by atoms with E-state index in [1.54, 1.807) is 4.90 Å². The normalized spacial score (nSPS) is 31.5. The number of benzene rings is 1. The van der Waals surface area contributed by atoms with Gasteiger partial charge in [0.05, 0.1) is 32.1 Å². The average molecular weight is 451 g/mol. The van der Waals surface area contributed by atoms with E-state index >= 15 is 0 Å². The molecule has 1 amide bonds. The highest BCUT2D eigenvalue weighted by Crippen LogP contribution is 2.43. The molecule has 3 aliphatic rings. The van der Waals surface area contributed by atoms with Crippen molar-refractivity contribution in [3.63, 3.8) is 0 Å². The molecule has 0 bridgehead atoms. The minimum Gasteiger partial charge on any atom is -0.453 e. The van der Waals surface area contributed by atoms with Gasteiger partial charge < -0.3 is 9.47 Å². The van der Waals surface area contributed by atoms with E-state index < -0.39 is 16.1 Å². The molecule has 1 unspecified atom stereocenters. The number of carbonyl (C=O) groups excluding carboxylic acids is 1. The maximum atomic E-state index is 12.6. The van der Waals surface area contributed by atoms with Crippen LogP contribution in [0.15, 0.2) is 30.3 Å². The molecule has 4 rings (SSSR count). The van der Waals surface area contributed by atoms with Crippen molar-refractivity contribution in [2.45, 2.75) is 75.1 Å². The van der Waals surface area contributed by atoms with E-state index in [2.05, 4.69) is 29.0 Å². The summed E-state index contributed by atoms with van der Waals surface area (Å²) in [5.74, 6) is 0.993. The van der Waals surface area contributed by atoms with Gasteiger partial charge in [-0.3, -0.25) is 4.90 Å². The van der Waals surface area contributed by atoms with E-state index in [1.165, 1.54) is 18.9 Å². The molecule has 1 saturated heterocycles. The number of likely N-dealkylation sites (tertiary alicyclic amines) is 1. The quantitative estimate of drug-likeness (QED) is 0.689. The van der Waals surface area contributed by atoms with Gasteiger partial charge in [-0.1, -0.05) is 30.3 Å². The lowest BCUT2D eigenvalue weighted by atomic mass is 9.83. The lowest BCUT2D eigenvalue weighted by Crippen LogP contribution is -2.50. The van der Waals surface area contributed by atoms with Crippen LogP contribution in [0.5, 0.6) is 0 Å². The molecule has 1 aromatic rings. The highest BCUT2D eigenvalue weighted by Gasteiger charge is 2.51. The first-order valence-electron chi connectivity index (χ1n) is 11.4. The third kappa shape index (κ3) is 5.59. The van der Waals surface area contributed by atoms with Crippen LogP contribution in [-0.2, 0) is 19.5 Å². The molecule has 2 aliphatic carbocycles. The summed E-state index contributed by atoms with van der Waals surface area (Å²) < 4.78 is 38.0. The molecule has 31 heavy (non-hydrogen) atoms. The second-order valence-electron chi connectivity index (χ2n) is 9.30. The van der Waals surface area contributed by atoms with Gasteiger partial charge in [0.15, 0.2) is 0 Å². The summed E-state index contributed by atoms with van der Waals surface area (Å²) in [5, 5.41) is 0. The van der Waals surface area contributed by atoms with Crippen molar-refractivity contribution in [3.8, 4) is 0 Å². The summed E-state index contributed by atoms with van der Waals surface area (Å²) in [4.78, 5) is 14.3. The van der Waals surface area contributed by atoms with Crippen molar-refractivity contribution >= 4 is 16.1 Å². The van der Waals surface area contributed by atoms with Crippen LogP contribution >= 0.6 is 0 Å². The molecule has 7 nitrogen and oxygen atoms in total. The standard InChI is InChI=1S/C23H34N2O5S/c1-29-23(26)25-21(18-8-9-18)14-20(24-31(2,27)28)22(25)15-30-19-12-10-17(11-13-19)16-6-4-3-5-7-16/h3-7,17-22,24H,8-15H2,1-2H3/t17?,19?,20-,21?,22-/m0/s1. The number of amides is 1. The fourth-order valence-corrected chi connectivity index (χ4v) is 6.17. The molecule has 1 aromatic carbocycles. The number of sulfonamides is 1. The Balaban J connectivity index is 1.39. The first kappa shape index (κ1) is 22.6. The second kappa shape index (κ2) is 9.46. The lowest BCUT2D eigenvalue weighted by molar-refractivity contribution is -0.0102. The number of methoxy groups -OCH3 is 1. The van der Waals surface area contributed by atoms with Gasteiger partial charge in [0.1, 0.15) is 0 Å². The van der Waals surface area contributed by atoms with Gasteiger partial charge in [-0.15, -0.1) is 0 Å². The number of rotatable bonds is 7. The zero-order chi connectivity index (χ0) is 22.0. The molecule has 3 atom stereocenters. The molecular formula is C23H34N2O5S. The van der Waals surface area contributed by atoms with E-state index in [9.17, 15) is 13.2 Å². The third-order valence-electron chi connectivity index (χ3n) is 7.04. The fourth-order valence-electron chi connectivity index (χ4n) is 5.37. The summed E-state index contributed by atoms with van der Waals surface area (Å²) in [7, 11) is -2.01. The Morgan fingerprint density at radius 1 is 1.10 bits per heavy atom. The molecule has 8 heteroatoms. The second-order valence-corrected chi connectivity index (χ2v) is 11.1. The maximum absolute atomic E-state index is 12.6. The number of carbonyl (C=O) groups is 1. The average Bonchev–Trinajstić information content (AvgIpc) is 3.54. The van der Waals surface area contributed by atoms with Gasteiger partial charge in [-0.2, -0.15) is 0 Å². The monoisotopic (exact) mass is 450 g/mol. The summed E-state index contributed by atoms with van der Waals surface area (Å²) in [6.45, 7) is 0.326. The summed E-state index contributed by atoms with van der Waals surface area (Å²) in [6.07, 6.45) is 7.77. The number of hydrogen-bond donors (Lipinski definition) is 1. The predicted octanol–water partition coefficient (Wildman–Crippen LogP) is 3.27. The smallest absolute Gasteiger partial charge is 0.410 e. The van der Waals surface area contributed by atoms with Crippen molar-refractivity contribution < 1.29 is 22.7 Å². The van der Waals surface area contributed by atoms with Gasteiger partial charge in [0.2, 0.25) is 10.0 Å². The molecule has 1 N–H and O–H groups in total. The lowest BCUT2D eigenvalue weighted by Gasteiger charge is -2.33. The SMILES string of the molecule is COC(=O)N1C(C2CC2)C[C@H](NS(C)(=O)=O)[C@@H]1COC1CCC(c2ccccc2)CC1. The Morgan fingerprint density at radius 3 is 2.35 bits per heavy atom. The summed E-state index contributed by atoms with van der Waals surface area (Å²) in [6, 6.07) is 9.92. The van der Waals surface area contributed by atoms with Crippen molar-refractivity contribution in [2.75, 3.05) is 20.0 Å². The van der Waals surface area contributed by atoms with E-state index in [1.807, 2.05) is 6.07 Å². The summed E-state index contributed by atoms with van der Waals surface area (Å²) >= 11 is 0. The molecule has 172 valence electrons. The fraction of sp³-hybridized carbons (Fsp3) is 0.696. The summed E-state index contributed by atoms with van der Waals surface area (Å²) in [5.41, 5.74) is 1.39. The molecule has 0 spiro atoms. The number of nitrogens with zero attached hydrogens (tertiary/aromatic N) is 1. The zero-order valence-corrected chi connectivity index (χ0v) is 19.2. The van der Waals surface area contributed by atoms with Crippen LogP contribution in [-0.4, -0.2) is 63.6 Å². The zero-order valence-electron chi connectivity index (χ0n) is 18.4. The van der Waals surface area contributed by atoms with Gasteiger partial charge in [0, 0.05) is 12.1 Å². The van der Waals surface area contributed by atoms with Crippen LogP contribution in [0, 0.1) is 5.92 Å². The van der Waals surface area contributed by atoms with Crippen LogP contribution in [0.25, 0.3) is 0 Å². The Labute approximate surface area is 185 Å². The van der Waals surface area contributed by atoms with Crippen LogP contribution < -0.4 is 4.72 Å². The Kier molecular flexibility index (Phi) is 6.89. The largest absolute Gasteiger partial charge is 0.453 e.